The summed E-state index contributed by atoms with van der Waals surface area (Å²) in [5.41, 5.74) is 5.56. The Morgan fingerprint density at radius 2 is 1.89 bits per heavy atom. The minimum atomic E-state index is -0.926. The summed E-state index contributed by atoms with van der Waals surface area (Å²) in [5.74, 6) is -0.926. The quantitative estimate of drug-likeness (QED) is 0.434. The first-order valence-electron chi connectivity index (χ1n) is 12.7. The van der Waals surface area contributed by atoms with Gasteiger partial charge in [-0.3, -0.25) is 9.88 Å². The summed E-state index contributed by atoms with van der Waals surface area (Å²) < 4.78 is 7.68. The molecule has 0 bridgehead atoms. The molecule has 2 aliphatic rings. The molecule has 2 atom stereocenters. The maximum Gasteiger partial charge on any atom is 0.335 e. The maximum atomic E-state index is 11.3. The van der Waals surface area contributed by atoms with E-state index >= 15 is 0 Å². The molecule has 1 aromatic carbocycles. The Balaban J connectivity index is 1.47. The van der Waals surface area contributed by atoms with Crippen molar-refractivity contribution >= 4 is 23.3 Å². The molecule has 5 rings (SSSR count). The number of aryl methyl sites for hydroxylation is 1. The van der Waals surface area contributed by atoms with Gasteiger partial charge in [0.1, 0.15) is 0 Å². The van der Waals surface area contributed by atoms with Crippen molar-refractivity contribution < 1.29 is 14.6 Å². The van der Waals surface area contributed by atoms with Crippen LogP contribution in [0.1, 0.15) is 51.5 Å². The molecular weight excluding hydrogens is 486 g/mol. The number of thiocarbonyl (C=S) groups is 1. The maximum absolute atomic E-state index is 11.3. The number of benzene rings is 1. The van der Waals surface area contributed by atoms with Crippen molar-refractivity contribution in [3.8, 4) is 5.69 Å². The number of morpholine rings is 1. The number of aromatic carboxylic acids is 1. The van der Waals surface area contributed by atoms with Gasteiger partial charge in [0.05, 0.1) is 36.6 Å². The van der Waals surface area contributed by atoms with Gasteiger partial charge in [-0.2, -0.15) is 0 Å². The van der Waals surface area contributed by atoms with E-state index in [0.717, 1.165) is 73.7 Å². The largest absolute Gasteiger partial charge is 0.478 e. The number of rotatable bonds is 8. The molecule has 2 N–H and O–H groups in total. The van der Waals surface area contributed by atoms with Crippen molar-refractivity contribution in [3.05, 3.63) is 82.9 Å². The smallest absolute Gasteiger partial charge is 0.335 e. The number of nitrogens with one attached hydrogen (secondary N) is 1. The van der Waals surface area contributed by atoms with E-state index in [1.54, 1.807) is 12.1 Å². The monoisotopic (exact) mass is 519 g/mol. The zero-order valence-electron chi connectivity index (χ0n) is 21.3. The Morgan fingerprint density at radius 1 is 1.14 bits per heavy atom. The van der Waals surface area contributed by atoms with E-state index in [2.05, 4.69) is 44.6 Å². The Labute approximate surface area is 222 Å². The fourth-order valence-corrected chi connectivity index (χ4v) is 5.84. The van der Waals surface area contributed by atoms with Crippen LogP contribution in [0, 0.1) is 13.8 Å². The van der Waals surface area contributed by atoms with Crippen LogP contribution in [0.15, 0.2) is 54.7 Å². The second kappa shape index (κ2) is 11.0. The third-order valence-corrected chi connectivity index (χ3v) is 7.69. The predicted octanol–water partition coefficient (Wildman–Crippen LogP) is 3.88. The zero-order chi connectivity index (χ0) is 25.9. The molecule has 2 aromatic heterocycles. The first kappa shape index (κ1) is 25.4. The van der Waals surface area contributed by atoms with E-state index in [1.165, 1.54) is 5.56 Å². The second-order valence-corrected chi connectivity index (χ2v) is 10.0. The number of ether oxygens (including phenoxy) is 1. The van der Waals surface area contributed by atoms with Crippen molar-refractivity contribution in [3.63, 3.8) is 0 Å². The van der Waals surface area contributed by atoms with Gasteiger partial charge in [-0.1, -0.05) is 6.07 Å². The predicted molar refractivity (Wildman–Crippen MR) is 146 cm³/mol. The molecule has 0 radical (unpaired) electrons. The fourth-order valence-electron chi connectivity index (χ4n) is 5.51. The summed E-state index contributed by atoms with van der Waals surface area (Å²) in [6.07, 6.45) is 2.83. The van der Waals surface area contributed by atoms with E-state index in [4.69, 9.17) is 17.0 Å². The number of carboxylic acids is 1. The lowest BCUT2D eigenvalue weighted by Crippen LogP contribution is -2.39. The summed E-state index contributed by atoms with van der Waals surface area (Å²) in [4.78, 5) is 20.8. The lowest BCUT2D eigenvalue weighted by molar-refractivity contribution is 0.0365. The van der Waals surface area contributed by atoms with Crippen LogP contribution in [0.5, 0.6) is 0 Å². The Morgan fingerprint density at radius 3 is 2.57 bits per heavy atom. The van der Waals surface area contributed by atoms with E-state index in [-0.39, 0.29) is 17.6 Å². The standard InChI is InChI=1S/C28H33N5O3S/c1-19-18-23(20(2)33(19)22-9-7-21(8-10-22)27(34)35)26-25(24-6-3-4-11-29-24)30-28(37)32(26)13-5-12-31-14-16-36-17-15-31/h3-4,6-11,18,25-26H,5,12-17H2,1-2H3,(H,30,37)(H,34,35)/t25-,26+/m0/s1. The molecule has 8 nitrogen and oxygen atoms in total. The number of carbonyl (C=O) groups is 1. The lowest BCUT2D eigenvalue weighted by Gasteiger charge is -2.30. The minimum Gasteiger partial charge on any atom is -0.478 e. The van der Waals surface area contributed by atoms with Gasteiger partial charge in [-0.15, -0.1) is 0 Å². The van der Waals surface area contributed by atoms with Crippen LogP contribution in [0.4, 0.5) is 0 Å². The SMILES string of the molecule is Cc1cc([C@@H]2[C@H](c3ccccn3)NC(=S)N2CCCN2CCOCC2)c(C)n1-c1ccc(C(=O)O)cc1. The van der Waals surface area contributed by atoms with Gasteiger partial charge in [-0.05, 0) is 80.5 Å². The highest BCUT2D eigenvalue weighted by Crippen LogP contribution is 2.41. The molecule has 0 spiro atoms. The summed E-state index contributed by atoms with van der Waals surface area (Å²) >= 11 is 5.87. The number of aromatic nitrogens is 2. The second-order valence-electron chi connectivity index (χ2n) is 9.64. The van der Waals surface area contributed by atoms with Gasteiger partial charge in [-0.25, -0.2) is 4.79 Å². The van der Waals surface area contributed by atoms with Crippen LogP contribution in [0.25, 0.3) is 5.69 Å². The first-order valence-corrected chi connectivity index (χ1v) is 13.2. The van der Waals surface area contributed by atoms with Gasteiger partial charge in [0.15, 0.2) is 5.11 Å². The molecule has 194 valence electrons. The van der Waals surface area contributed by atoms with Crippen molar-refractivity contribution in [2.75, 3.05) is 39.4 Å². The van der Waals surface area contributed by atoms with E-state index in [0.29, 0.717) is 0 Å². The van der Waals surface area contributed by atoms with Gasteiger partial charge in [0.25, 0.3) is 0 Å². The third-order valence-electron chi connectivity index (χ3n) is 7.34. The minimum absolute atomic E-state index is 0.00895. The average Bonchev–Trinajstić information content (AvgIpc) is 3.39. The summed E-state index contributed by atoms with van der Waals surface area (Å²) in [6, 6.07) is 15.2. The third kappa shape index (κ3) is 5.25. The van der Waals surface area contributed by atoms with Gasteiger partial charge >= 0.3 is 5.97 Å². The molecule has 9 heteroatoms. The van der Waals surface area contributed by atoms with Gasteiger partial charge < -0.3 is 24.6 Å². The Bertz CT molecular complexity index is 1250. The molecule has 3 aromatic rings. The molecule has 0 amide bonds. The number of pyridine rings is 1. The van der Waals surface area contributed by atoms with Crippen molar-refractivity contribution in [2.24, 2.45) is 0 Å². The molecular formula is C28H33N5O3S. The van der Waals surface area contributed by atoms with Crippen LogP contribution >= 0.6 is 12.2 Å². The molecule has 0 unspecified atom stereocenters. The summed E-state index contributed by atoms with van der Waals surface area (Å²) in [7, 11) is 0. The summed E-state index contributed by atoms with van der Waals surface area (Å²) in [6.45, 7) is 9.61. The molecule has 0 aliphatic carbocycles. The highest BCUT2D eigenvalue weighted by Gasteiger charge is 2.41. The fraction of sp³-hybridized carbons (Fsp3) is 0.393. The van der Waals surface area contributed by atoms with E-state index in [1.807, 2.05) is 36.5 Å². The molecule has 4 heterocycles. The van der Waals surface area contributed by atoms with Crippen LogP contribution in [0.2, 0.25) is 0 Å². The van der Waals surface area contributed by atoms with Crippen molar-refractivity contribution in [1.82, 2.24) is 24.7 Å². The average molecular weight is 520 g/mol. The molecule has 0 saturated carbocycles. The van der Waals surface area contributed by atoms with Gasteiger partial charge in [0, 0.05) is 49.5 Å². The normalized spacial score (nSPS) is 20.3. The summed E-state index contributed by atoms with van der Waals surface area (Å²) in [5, 5.41) is 13.6. The van der Waals surface area contributed by atoms with Crippen molar-refractivity contribution in [2.45, 2.75) is 32.4 Å². The highest BCUT2D eigenvalue weighted by atomic mass is 32.1. The first-order chi connectivity index (χ1) is 17.9. The topological polar surface area (TPSA) is 82.9 Å². The Kier molecular flexibility index (Phi) is 7.55. The molecule has 2 fully saturated rings. The van der Waals surface area contributed by atoms with Crippen molar-refractivity contribution in [1.29, 1.82) is 0 Å². The highest BCUT2D eigenvalue weighted by molar-refractivity contribution is 7.80. The molecule has 2 saturated heterocycles. The van der Waals surface area contributed by atoms with E-state index in [9.17, 15) is 9.90 Å². The number of hydrogen-bond acceptors (Lipinski definition) is 5. The van der Waals surface area contributed by atoms with Crippen LogP contribution in [-0.2, 0) is 4.74 Å². The van der Waals surface area contributed by atoms with Crippen LogP contribution in [0.3, 0.4) is 0 Å². The number of nitrogens with zero attached hydrogens (tertiary/aromatic N) is 4. The number of carboxylic acid groups (broad SMARTS) is 1. The molecule has 2 aliphatic heterocycles. The van der Waals surface area contributed by atoms with Crippen LogP contribution < -0.4 is 5.32 Å². The lowest BCUT2D eigenvalue weighted by atomic mass is 9.96. The van der Waals surface area contributed by atoms with Gasteiger partial charge in [0.2, 0.25) is 0 Å². The molecule has 37 heavy (non-hydrogen) atoms. The Hall–Kier alpha value is -3.27. The zero-order valence-corrected chi connectivity index (χ0v) is 22.1. The van der Waals surface area contributed by atoms with E-state index < -0.39 is 5.97 Å². The van der Waals surface area contributed by atoms with Crippen LogP contribution in [-0.4, -0.2) is 74.9 Å². The number of hydrogen-bond donors (Lipinski definition) is 2.